The van der Waals surface area contributed by atoms with E-state index in [2.05, 4.69) is 5.32 Å². The molecule has 1 heterocycles. The summed E-state index contributed by atoms with van der Waals surface area (Å²) in [5.41, 5.74) is 0.340. The molecule has 0 atom stereocenters. The van der Waals surface area contributed by atoms with Gasteiger partial charge in [-0.3, -0.25) is 4.79 Å². The minimum Gasteiger partial charge on any atom is -0.495 e. The maximum Gasteiger partial charge on any atom is 0.253 e. The van der Waals surface area contributed by atoms with Crippen LogP contribution in [-0.4, -0.2) is 70.9 Å². The highest BCUT2D eigenvalue weighted by atomic mass is 32.2. The summed E-state index contributed by atoms with van der Waals surface area (Å²) >= 11 is 0. The van der Waals surface area contributed by atoms with Gasteiger partial charge in [0.15, 0.2) is 0 Å². The van der Waals surface area contributed by atoms with Crippen molar-refractivity contribution in [1.82, 2.24) is 14.5 Å². The molecule has 1 fully saturated rings. The summed E-state index contributed by atoms with van der Waals surface area (Å²) in [6.07, 6.45) is 1.71. The van der Waals surface area contributed by atoms with E-state index < -0.39 is 10.0 Å². The van der Waals surface area contributed by atoms with Gasteiger partial charge in [-0.2, -0.15) is 4.31 Å². The second-order valence-electron chi connectivity index (χ2n) is 5.81. The Balaban J connectivity index is 2.35. The van der Waals surface area contributed by atoms with Gasteiger partial charge >= 0.3 is 0 Å². The van der Waals surface area contributed by atoms with Gasteiger partial charge in [-0.15, -0.1) is 0 Å². The normalized spacial score (nSPS) is 15.5. The van der Waals surface area contributed by atoms with Crippen LogP contribution < -0.4 is 10.1 Å². The third kappa shape index (κ3) is 3.88. The Morgan fingerprint density at radius 1 is 1.33 bits per heavy atom. The van der Waals surface area contributed by atoms with Gasteiger partial charge in [0.05, 0.1) is 7.11 Å². The van der Waals surface area contributed by atoms with Crippen LogP contribution in [-0.2, 0) is 10.0 Å². The molecule has 0 aromatic heterocycles. The molecule has 134 valence electrons. The molecule has 0 aliphatic carbocycles. The number of methoxy groups -OCH3 is 1. The zero-order valence-electron chi connectivity index (χ0n) is 14.4. The van der Waals surface area contributed by atoms with E-state index in [0.717, 1.165) is 12.8 Å². The largest absolute Gasteiger partial charge is 0.495 e. The van der Waals surface area contributed by atoms with Gasteiger partial charge in [-0.05, 0) is 38.1 Å². The molecule has 7 nitrogen and oxygen atoms in total. The minimum absolute atomic E-state index is 0.0553. The smallest absolute Gasteiger partial charge is 0.253 e. The van der Waals surface area contributed by atoms with E-state index in [-0.39, 0.29) is 16.6 Å². The monoisotopic (exact) mass is 355 g/mol. The summed E-state index contributed by atoms with van der Waals surface area (Å²) in [6, 6.07) is 4.56. The molecule has 0 spiro atoms. The third-order valence-electron chi connectivity index (χ3n) is 4.14. The minimum atomic E-state index is -3.65. The summed E-state index contributed by atoms with van der Waals surface area (Å²) in [7, 11) is 1.28. The first-order valence-electron chi connectivity index (χ1n) is 8.00. The molecule has 1 aromatic rings. The van der Waals surface area contributed by atoms with Crippen molar-refractivity contribution in [3.05, 3.63) is 23.8 Å². The van der Waals surface area contributed by atoms with Crippen LogP contribution in [0.5, 0.6) is 5.75 Å². The second-order valence-corrected chi connectivity index (χ2v) is 7.71. The average Bonchev–Trinajstić information content (AvgIpc) is 3.13. The highest BCUT2D eigenvalue weighted by Crippen LogP contribution is 2.30. The number of nitrogens with zero attached hydrogens (tertiary/aromatic N) is 2. The fourth-order valence-corrected chi connectivity index (χ4v) is 4.38. The van der Waals surface area contributed by atoms with Crippen molar-refractivity contribution < 1.29 is 17.9 Å². The number of amides is 1. The molecular weight excluding hydrogens is 330 g/mol. The zero-order valence-corrected chi connectivity index (χ0v) is 15.2. The number of likely N-dealkylation sites (N-methyl/N-ethyl adjacent to an activating group) is 2. The topological polar surface area (TPSA) is 79.0 Å². The molecule has 1 aliphatic rings. The third-order valence-corrected chi connectivity index (χ3v) is 6.06. The van der Waals surface area contributed by atoms with Crippen LogP contribution in [0, 0.1) is 0 Å². The van der Waals surface area contributed by atoms with E-state index >= 15 is 0 Å². The molecule has 2 rings (SSSR count). The Morgan fingerprint density at radius 3 is 2.58 bits per heavy atom. The number of hydrogen-bond donors (Lipinski definition) is 1. The molecular formula is C16H25N3O4S. The number of nitrogens with one attached hydrogen (secondary N) is 1. The van der Waals surface area contributed by atoms with Crippen LogP contribution in [0.25, 0.3) is 0 Å². The van der Waals surface area contributed by atoms with Crippen molar-refractivity contribution in [2.75, 3.05) is 47.4 Å². The standard InChI is InChI=1S/C16H25N3O4S/c1-17-8-11-18(2)16(20)13-6-7-14(23-3)15(12-13)24(21,22)19-9-4-5-10-19/h6-7,12,17H,4-5,8-11H2,1-3H3. The quantitative estimate of drug-likeness (QED) is 0.782. The number of ether oxygens (including phenoxy) is 1. The Morgan fingerprint density at radius 2 is 2.00 bits per heavy atom. The summed E-state index contributed by atoms with van der Waals surface area (Å²) in [4.78, 5) is 14.1. The van der Waals surface area contributed by atoms with Gasteiger partial charge < -0.3 is 15.0 Å². The van der Waals surface area contributed by atoms with Gasteiger partial charge in [0, 0.05) is 38.8 Å². The molecule has 0 unspecified atom stereocenters. The number of hydrogen-bond acceptors (Lipinski definition) is 5. The summed E-state index contributed by atoms with van der Waals surface area (Å²) in [5.74, 6) is 0.0436. The van der Waals surface area contributed by atoms with Crippen LogP contribution in [0.1, 0.15) is 23.2 Å². The number of rotatable bonds is 7. The van der Waals surface area contributed by atoms with Crippen molar-refractivity contribution in [2.24, 2.45) is 0 Å². The van der Waals surface area contributed by atoms with Crippen molar-refractivity contribution >= 4 is 15.9 Å². The first-order chi connectivity index (χ1) is 11.4. The van der Waals surface area contributed by atoms with Crippen LogP contribution in [0.4, 0.5) is 0 Å². The summed E-state index contributed by atoms with van der Waals surface area (Å²) in [5, 5.41) is 2.98. The molecule has 0 bridgehead atoms. The molecule has 24 heavy (non-hydrogen) atoms. The van der Waals surface area contributed by atoms with Gasteiger partial charge in [-0.1, -0.05) is 0 Å². The molecule has 0 saturated carbocycles. The predicted molar refractivity (Wildman–Crippen MR) is 91.9 cm³/mol. The van der Waals surface area contributed by atoms with Gasteiger partial charge in [-0.25, -0.2) is 8.42 Å². The molecule has 1 aromatic carbocycles. The lowest BCUT2D eigenvalue weighted by Gasteiger charge is -2.20. The van der Waals surface area contributed by atoms with Gasteiger partial charge in [0.1, 0.15) is 10.6 Å². The lowest BCUT2D eigenvalue weighted by molar-refractivity contribution is 0.0796. The fourth-order valence-electron chi connectivity index (χ4n) is 2.68. The predicted octanol–water partition coefficient (Wildman–Crippen LogP) is 0.771. The maximum absolute atomic E-state index is 12.8. The number of carbonyl (C=O) groups excluding carboxylic acids is 1. The lowest BCUT2D eigenvalue weighted by Crippen LogP contribution is -2.33. The summed E-state index contributed by atoms with van der Waals surface area (Å²) < 4.78 is 32.3. The molecule has 1 aliphatic heterocycles. The lowest BCUT2D eigenvalue weighted by atomic mass is 10.2. The Hall–Kier alpha value is -1.64. The SMILES string of the molecule is CNCCN(C)C(=O)c1ccc(OC)c(S(=O)(=O)N2CCCC2)c1. The van der Waals surface area contributed by atoms with E-state index in [9.17, 15) is 13.2 Å². The summed E-state index contributed by atoms with van der Waals surface area (Å²) in [6.45, 7) is 2.21. The first-order valence-corrected chi connectivity index (χ1v) is 9.44. The Kier molecular flexibility index (Phi) is 6.20. The molecule has 8 heteroatoms. The average molecular weight is 355 g/mol. The van der Waals surface area contributed by atoms with Crippen LogP contribution in [0.15, 0.2) is 23.1 Å². The zero-order chi connectivity index (χ0) is 17.7. The van der Waals surface area contributed by atoms with Crippen LogP contribution in [0.2, 0.25) is 0 Å². The number of benzene rings is 1. The maximum atomic E-state index is 12.8. The van der Waals surface area contributed by atoms with E-state index in [1.165, 1.54) is 17.5 Å². The molecule has 1 amide bonds. The fraction of sp³-hybridized carbons (Fsp3) is 0.562. The van der Waals surface area contributed by atoms with E-state index in [1.54, 1.807) is 24.1 Å². The Labute approximate surface area is 143 Å². The second kappa shape index (κ2) is 7.96. The van der Waals surface area contributed by atoms with Crippen LogP contribution in [0.3, 0.4) is 0 Å². The molecule has 1 N–H and O–H groups in total. The van der Waals surface area contributed by atoms with Crippen molar-refractivity contribution in [3.8, 4) is 5.75 Å². The van der Waals surface area contributed by atoms with E-state index in [4.69, 9.17) is 4.74 Å². The number of carbonyl (C=O) groups is 1. The van der Waals surface area contributed by atoms with Crippen molar-refractivity contribution in [3.63, 3.8) is 0 Å². The first kappa shape index (κ1) is 18.7. The molecule has 1 saturated heterocycles. The highest BCUT2D eigenvalue weighted by Gasteiger charge is 2.30. The Bertz CT molecular complexity index is 685. The van der Waals surface area contributed by atoms with Crippen molar-refractivity contribution in [1.29, 1.82) is 0 Å². The van der Waals surface area contributed by atoms with E-state index in [1.807, 2.05) is 7.05 Å². The van der Waals surface area contributed by atoms with Crippen LogP contribution >= 0.6 is 0 Å². The van der Waals surface area contributed by atoms with E-state index in [0.29, 0.717) is 31.7 Å². The number of sulfonamides is 1. The van der Waals surface area contributed by atoms with Crippen molar-refractivity contribution in [2.45, 2.75) is 17.7 Å². The van der Waals surface area contributed by atoms with Gasteiger partial charge in [0.25, 0.3) is 5.91 Å². The highest BCUT2D eigenvalue weighted by molar-refractivity contribution is 7.89. The molecule has 0 radical (unpaired) electrons. The van der Waals surface area contributed by atoms with Gasteiger partial charge in [0.2, 0.25) is 10.0 Å².